The van der Waals surface area contributed by atoms with Crippen molar-refractivity contribution in [3.8, 4) is 5.75 Å². The zero-order chi connectivity index (χ0) is 22.6. The fourth-order valence-corrected chi connectivity index (χ4v) is 9.12. The maximum Gasteiger partial charge on any atom is 0.303 e. The molecule has 0 unspecified atom stereocenters. The van der Waals surface area contributed by atoms with Gasteiger partial charge in [-0.15, -0.1) is 0 Å². The Labute approximate surface area is 194 Å². The van der Waals surface area contributed by atoms with Gasteiger partial charge in [-0.1, -0.05) is 44.1 Å². The van der Waals surface area contributed by atoms with Crippen LogP contribution in [0.4, 0.5) is 0 Å². The van der Waals surface area contributed by atoms with Gasteiger partial charge in [-0.25, -0.2) is 0 Å². The summed E-state index contributed by atoms with van der Waals surface area (Å²) in [5.74, 6) is -0.0811. The van der Waals surface area contributed by atoms with E-state index < -0.39 is 5.79 Å². The van der Waals surface area contributed by atoms with Crippen molar-refractivity contribution in [2.45, 2.75) is 69.0 Å². The van der Waals surface area contributed by atoms with Gasteiger partial charge in [0.1, 0.15) is 24.1 Å². The average molecular weight is 453 g/mol. The zero-order valence-corrected chi connectivity index (χ0v) is 19.5. The Bertz CT molecular complexity index is 1030. The Morgan fingerprint density at radius 1 is 1.06 bits per heavy atom. The van der Waals surface area contributed by atoms with E-state index in [2.05, 4.69) is 43.3 Å². The van der Waals surface area contributed by atoms with Crippen molar-refractivity contribution in [3.63, 3.8) is 0 Å². The Hall–Kier alpha value is -1.89. The number of carbonyl (C=O) groups excluding carboxylic acids is 1. The lowest BCUT2D eigenvalue weighted by molar-refractivity contribution is -0.255. The van der Waals surface area contributed by atoms with Gasteiger partial charge in [0.05, 0.1) is 20.3 Å². The van der Waals surface area contributed by atoms with Crippen molar-refractivity contribution in [2.75, 3.05) is 20.3 Å². The summed E-state index contributed by atoms with van der Waals surface area (Å²) in [6, 6.07) is 8.51. The molecule has 7 rings (SSSR count). The normalized spacial score (nSPS) is 47.7. The number of rotatable bonds is 3. The molecule has 6 heteroatoms. The maximum absolute atomic E-state index is 12.3. The second-order valence-corrected chi connectivity index (χ2v) is 11.0. The predicted octanol–water partition coefficient (Wildman–Crippen LogP) is 3.77. The summed E-state index contributed by atoms with van der Waals surface area (Å²) in [6.07, 6.45) is 8.86. The third-order valence-corrected chi connectivity index (χ3v) is 10.2. The predicted molar refractivity (Wildman–Crippen MR) is 119 cm³/mol. The quantitative estimate of drug-likeness (QED) is 0.395. The molecule has 2 saturated heterocycles. The maximum atomic E-state index is 12.3. The first-order chi connectivity index (χ1) is 15.9. The van der Waals surface area contributed by atoms with Crippen LogP contribution in [0.5, 0.6) is 5.75 Å². The van der Waals surface area contributed by atoms with Crippen LogP contribution in [0.25, 0.3) is 0 Å². The van der Waals surface area contributed by atoms with E-state index >= 15 is 0 Å². The van der Waals surface area contributed by atoms with Crippen molar-refractivity contribution >= 4 is 5.97 Å². The number of benzene rings is 1. The molecule has 1 spiro atoms. The van der Waals surface area contributed by atoms with E-state index in [0.717, 1.165) is 18.6 Å². The van der Waals surface area contributed by atoms with Gasteiger partial charge in [0.2, 0.25) is 5.79 Å². The molecule has 3 saturated carbocycles. The molecule has 8 atom stereocenters. The number of hydrogen-bond donors (Lipinski definition) is 0. The summed E-state index contributed by atoms with van der Waals surface area (Å²) in [7, 11) is 1.70. The lowest BCUT2D eigenvalue weighted by Gasteiger charge is -2.53. The van der Waals surface area contributed by atoms with Crippen LogP contribution in [0.3, 0.4) is 0 Å². The number of methoxy groups -OCH3 is 1. The third-order valence-electron chi connectivity index (χ3n) is 10.2. The topological polar surface area (TPSA) is 66.5 Å². The highest BCUT2D eigenvalue weighted by atomic mass is 16.8. The van der Waals surface area contributed by atoms with E-state index in [4.69, 9.17) is 23.7 Å². The van der Waals surface area contributed by atoms with Crippen molar-refractivity contribution in [3.05, 3.63) is 42.0 Å². The van der Waals surface area contributed by atoms with Crippen molar-refractivity contribution in [2.24, 2.45) is 22.7 Å². The van der Waals surface area contributed by atoms with Gasteiger partial charge in [-0.3, -0.25) is 4.79 Å². The van der Waals surface area contributed by atoms with Gasteiger partial charge >= 0.3 is 5.97 Å². The number of esters is 1. The highest BCUT2D eigenvalue weighted by molar-refractivity contribution is 5.66. The van der Waals surface area contributed by atoms with Crippen molar-refractivity contribution < 1.29 is 28.5 Å². The fraction of sp³-hybridized carbons (Fsp3) is 0.667. The first kappa shape index (κ1) is 20.5. The Kier molecular flexibility index (Phi) is 3.98. The lowest BCUT2D eigenvalue weighted by Crippen LogP contribution is -2.62. The minimum Gasteiger partial charge on any atom is -0.497 e. The third kappa shape index (κ3) is 2.15. The van der Waals surface area contributed by atoms with Gasteiger partial charge in [0.25, 0.3) is 0 Å². The van der Waals surface area contributed by atoms with Crippen LogP contribution in [-0.2, 0) is 29.2 Å². The minimum atomic E-state index is -0.760. The summed E-state index contributed by atoms with van der Waals surface area (Å²) in [4.78, 5) is 12.3. The number of fused-ring (bicyclic) bond motifs is 5. The van der Waals surface area contributed by atoms with Crippen LogP contribution in [0.2, 0.25) is 0 Å². The summed E-state index contributed by atoms with van der Waals surface area (Å²) in [5, 5.41) is 0. The smallest absolute Gasteiger partial charge is 0.303 e. The summed E-state index contributed by atoms with van der Waals surface area (Å²) < 4.78 is 30.9. The van der Waals surface area contributed by atoms with Crippen LogP contribution in [0.1, 0.15) is 45.1 Å². The molecule has 2 aliphatic heterocycles. The van der Waals surface area contributed by atoms with E-state index in [1.807, 2.05) is 0 Å². The number of carbonyl (C=O) groups is 1. The van der Waals surface area contributed by atoms with Gasteiger partial charge in [0.15, 0.2) is 0 Å². The lowest BCUT2D eigenvalue weighted by atomic mass is 9.52. The molecular weight excluding hydrogens is 420 g/mol. The SMILES string of the molecule is COc1ccc([C@@]23C=C[C@]4(CCCC[C@@]42C)[C@@H]2[C@H]3[C@H](OC(C)=O)[C@H]3O[C@H]3C23OCCO3)cc1. The van der Waals surface area contributed by atoms with Crippen LogP contribution in [0.15, 0.2) is 36.4 Å². The molecule has 4 aliphatic carbocycles. The monoisotopic (exact) mass is 452 g/mol. The van der Waals surface area contributed by atoms with Crippen molar-refractivity contribution in [1.29, 1.82) is 0 Å². The summed E-state index contributed by atoms with van der Waals surface area (Å²) in [6.45, 7) is 5.14. The molecular formula is C27H32O6. The molecule has 0 amide bonds. The molecule has 0 N–H and O–H groups in total. The molecule has 6 aliphatic rings. The van der Waals surface area contributed by atoms with E-state index in [0.29, 0.717) is 13.2 Å². The molecule has 5 fully saturated rings. The molecule has 1 aromatic carbocycles. The van der Waals surface area contributed by atoms with E-state index in [9.17, 15) is 4.79 Å². The van der Waals surface area contributed by atoms with Crippen LogP contribution in [-0.4, -0.2) is 50.4 Å². The molecule has 2 heterocycles. The zero-order valence-electron chi connectivity index (χ0n) is 19.5. The number of hydrogen-bond acceptors (Lipinski definition) is 6. The van der Waals surface area contributed by atoms with E-state index in [1.165, 1.54) is 25.3 Å². The van der Waals surface area contributed by atoms with Crippen molar-refractivity contribution in [1.82, 2.24) is 0 Å². The first-order valence-corrected chi connectivity index (χ1v) is 12.4. The first-order valence-electron chi connectivity index (χ1n) is 12.4. The molecule has 1 aromatic rings. The van der Waals surface area contributed by atoms with Crippen LogP contribution in [0, 0.1) is 22.7 Å². The number of ether oxygens (including phenoxy) is 5. The Morgan fingerprint density at radius 2 is 1.79 bits per heavy atom. The summed E-state index contributed by atoms with van der Waals surface area (Å²) in [5.41, 5.74) is 0.835. The molecule has 33 heavy (non-hydrogen) atoms. The average Bonchev–Trinajstić information content (AvgIpc) is 3.34. The highest BCUT2D eigenvalue weighted by Gasteiger charge is 2.87. The number of epoxide rings is 1. The van der Waals surface area contributed by atoms with Gasteiger partial charge in [-0.05, 0) is 36.0 Å². The fourth-order valence-electron chi connectivity index (χ4n) is 9.12. The standard InChI is InChI=1S/C27H32O6/c1-16(28)32-20-19-22(27(23-21(20)33-23)30-14-15-31-27)25-11-5-4-10-24(25,2)26(19,13-12-25)17-6-8-18(29-3)9-7-17/h6-9,12-13,19-23H,4-5,10-11,14-15H2,1-3H3/t19-,20+,21-,22+,23-,24+,25-,26-/m1/s1. The molecule has 0 radical (unpaired) electrons. The van der Waals surface area contributed by atoms with E-state index in [-0.39, 0.29) is 52.4 Å². The molecule has 2 bridgehead atoms. The minimum absolute atomic E-state index is 0.0183. The second kappa shape index (κ2) is 6.41. The largest absolute Gasteiger partial charge is 0.497 e. The highest BCUT2D eigenvalue weighted by Crippen LogP contribution is 2.83. The van der Waals surface area contributed by atoms with Crippen LogP contribution >= 0.6 is 0 Å². The Balaban J connectivity index is 1.49. The number of allylic oxidation sites excluding steroid dienone is 2. The molecule has 6 nitrogen and oxygen atoms in total. The second-order valence-electron chi connectivity index (χ2n) is 11.0. The summed E-state index contributed by atoms with van der Waals surface area (Å²) >= 11 is 0. The molecule has 0 aromatic heterocycles. The van der Waals surface area contributed by atoms with Gasteiger partial charge in [-0.2, -0.15) is 0 Å². The van der Waals surface area contributed by atoms with Gasteiger partial charge < -0.3 is 23.7 Å². The Morgan fingerprint density at radius 3 is 2.48 bits per heavy atom. The van der Waals surface area contributed by atoms with Crippen LogP contribution < -0.4 is 4.74 Å². The molecule has 176 valence electrons. The van der Waals surface area contributed by atoms with Gasteiger partial charge in [0, 0.05) is 29.6 Å². The van der Waals surface area contributed by atoms with E-state index in [1.54, 1.807) is 7.11 Å².